The van der Waals surface area contributed by atoms with Crippen LogP contribution < -0.4 is 10.6 Å². The van der Waals surface area contributed by atoms with Gasteiger partial charge in [0.2, 0.25) is 0 Å². The Morgan fingerprint density at radius 3 is 2.42 bits per heavy atom. The molecule has 0 radical (unpaired) electrons. The number of carbonyl (C=O) groups excluding carboxylic acids is 1. The first-order valence-corrected chi connectivity index (χ1v) is 10.2. The molecule has 6 nitrogen and oxygen atoms in total. The van der Waals surface area contributed by atoms with Gasteiger partial charge in [0.15, 0.2) is 0 Å². The summed E-state index contributed by atoms with van der Waals surface area (Å²) < 4.78 is 44.9. The van der Waals surface area contributed by atoms with Gasteiger partial charge in [-0.05, 0) is 51.7 Å². The van der Waals surface area contributed by atoms with Crippen molar-refractivity contribution in [3.05, 3.63) is 53.0 Å². The number of aromatic nitrogens is 2. The van der Waals surface area contributed by atoms with Gasteiger partial charge in [-0.15, -0.1) is 0 Å². The van der Waals surface area contributed by atoms with Crippen LogP contribution in [0.4, 0.5) is 18.9 Å². The highest BCUT2D eigenvalue weighted by Crippen LogP contribution is 2.34. The van der Waals surface area contributed by atoms with Crippen LogP contribution in [0.25, 0.3) is 10.9 Å². The Morgan fingerprint density at radius 1 is 1.10 bits per heavy atom. The first-order valence-electron chi connectivity index (χ1n) is 10.2. The van der Waals surface area contributed by atoms with E-state index in [1.165, 1.54) is 0 Å². The van der Waals surface area contributed by atoms with Gasteiger partial charge in [0.25, 0.3) is 5.91 Å². The van der Waals surface area contributed by atoms with Crippen molar-refractivity contribution in [3.8, 4) is 0 Å². The minimum Gasteiger partial charge on any atom is -0.382 e. The van der Waals surface area contributed by atoms with Crippen LogP contribution in [-0.4, -0.2) is 28.1 Å². The first kappa shape index (κ1) is 21.1. The van der Waals surface area contributed by atoms with Crippen molar-refractivity contribution in [1.29, 1.82) is 0 Å². The number of nitrogens with one attached hydrogen (secondary N) is 2. The maximum Gasteiger partial charge on any atom is 0.433 e. The van der Waals surface area contributed by atoms with Gasteiger partial charge in [0.1, 0.15) is 17.0 Å². The highest BCUT2D eigenvalue weighted by atomic mass is 19.4. The molecular formula is C22H23F3N4O2. The average molecular weight is 432 g/mol. The molecule has 2 heterocycles. The summed E-state index contributed by atoms with van der Waals surface area (Å²) in [4.78, 5) is 16.3. The molecule has 2 aromatic heterocycles. The predicted octanol–water partition coefficient (Wildman–Crippen LogP) is 5.01. The Morgan fingerprint density at radius 2 is 1.77 bits per heavy atom. The van der Waals surface area contributed by atoms with E-state index in [9.17, 15) is 18.0 Å². The van der Waals surface area contributed by atoms with Crippen molar-refractivity contribution < 1.29 is 22.5 Å². The van der Waals surface area contributed by atoms with Crippen molar-refractivity contribution in [2.24, 2.45) is 0 Å². The van der Waals surface area contributed by atoms with Crippen LogP contribution in [0.2, 0.25) is 0 Å². The molecule has 0 aliphatic heterocycles. The number of alkyl halides is 3. The summed E-state index contributed by atoms with van der Waals surface area (Å²) in [5.41, 5.74) is 0.842. The molecule has 1 fully saturated rings. The number of amides is 1. The number of pyridine rings is 1. The minimum absolute atomic E-state index is 0.000768. The van der Waals surface area contributed by atoms with E-state index in [4.69, 9.17) is 4.52 Å². The Hall–Kier alpha value is -3.10. The molecule has 1 amide bonds. The molecule has 31 heavy (non-hydrogen) atoms. The molecule has 0 bridgehead atoms. The third-order valence-electron chi connectivity index (χ3n) is 5.69. The lowest BCUT2D eigenvalue weighted by molar-refractivity contribution is -0.140. The average Bonchev–Trinajstić information content (AvgIpc) is 3.07. The van der Waals surface area contributed by atoms with E-state index >= 15 is 0 Å². The van der Waals surface area contributed by atoms with Crippen LogP contribution in [-0.2, 0) is 6.18 Å². The number of fused-ring (bicyclic) bond motifs is 1. The van der Waals surface area contributed by atoms with Crippen LogP contribution >= 0.6 is 0 Å². The highest BCUT2D eigenvalue weighted by molar-refractivity contribution is 5.96. The fourth-order valence-corrected chi connectivity index (χ4v) is 4.11. The van der Waals surface area contributed by atoms with Gasteiger partial charge in [0.05, 0.1) is 11.2 Å². The maximum absolute atomic E-state index is 13.3. The molecule has 0 unspecified atom stereocenters. The number of rotatable bonds is 4. The van der Waals surface area contributed by atoms with Gasteiger partial charge in [-0.1, -0.05) is 23.4 Å². The van der Waals surface area contributed by atoms with Crippen LogP contribution in [0.15, 0.2) is 34.9 Å². The van der Waals surface area contributed by atoms with E-state index in [0.717, 1.165) is 31.7 Å². The molecule has 9 heteroatoms. The van der Waals surface area contributed by atoms with Gasteiger partial charge in [0, 0.05) is 23.2 Å². The lowest BCUT2D eigenvalue weighted by atomic mass is 9.90. The summed E-state index contributed by atoms with van der Waals surface area (Å²) >= 11 is 0. The zero-order valence-electron chi connectivity index (χ0n) is 17.2. The third kappa shape index (κ3) is 4.50. The minimum atomic E-state index is -4.51. The largest absolute Gasteiger partial charge is 0.433 e. The van der Waals surface area contributed by atoms with Crippen LogP contribution in [0.5, 0.6) is 0 Å². The van der Waals surface area contributed by atoms with Crippen molar-refractivity contribution >= 4 is 22.5 Å². The molecular weight excluding hydrogens is 409 g/mol. The molecule has 2 N–H and O–H groups in total. The summed E-state index contributed by atoms with van der Waals surface area (Å²) in [5.74, 6) is 0.276. The quantitative estimate of drug-likeness (QED) is 0.606. The van der Waals surface area contributed by atoms with Gasteiger partial charge < -0.3 is 15.2 Å². The van der Waals surface area contributed by atoms with Gasteiger partial charge >= 0.3 is 6.18 Å². The fourth-order valence-electron chi connectivity index (χ4n) is 4.11. The molecule has 0 saturated heterocycles. The van der Waals surface area contributed by atoms with E-state index in [2.05, 4.69) is 20.8 Å². The van der Waals surface area contributed by atoms with Crippen molar-refractivity contribution in [2.45, 2.75) is 57.8 Å². The SMILES string of the molecule is Cc1noc(C)c1C(=O)N[C@H]1CC[C@@H](Nc2cc(C(F)(F)F)nc3ccccc23)CC1. The Kier molecular flexibility index (Phi) is 5.60. The Balaban J connectivity index is 1.43. The maximum atomic E-state index is 13.3. The topological polar surface area (TPSA) is 80.0 Å². The standard InChI is InChI=1S/C22H23F3N4O2/c1-12-20(13(2)31-29-12)21(30)27-15-9-7-14(8-10-15)26-18-11-19(22(23,24)25)28-17-6-4-3-5-16(17)18/h3-6,11,14-15H,7-10H2,1-2H3,(H,26,28)(H,27,30)/t14-,15+. The smallest absolute Gasteiger partial charge is 0.382 e. The van der Waals surface area contributed by atoms with Crippen molar-refractivity contribution in [1.82, 2.24) is 15.5 Å². The number of benzene rings is 1. The second-order valence-corrected chi connectivity index (χ2v) is 7.94. The second-order valence-electron chi connectivity index (χ2n) is 7.94. The summed E-state index contributed by atoms with van der Waals surface area (Å²) in [7, 11) is 0. The molecule has 4 rings (SSSR count). The summed E-state index contributed by atoms with van der Waals surface area (Å²) in [5, 5.41) is 10.8. The Labute approximate surface area is 177 Å². The summed E-state index contributed by atoms with van der Waals surface area (Å²) in [6.07, 6.45) is -1.61. The number of carbonyl (C=O) groups is 1. The number of para-hydroxylation sites is 1. The molecule has 164 valence electrons. The zero-order chi connectivity index (χ0) is 22.2. The molecule has 0 spiro atoms. The zero-order valence-corrected chi connectivity index (χ0v) is 17.2. The monoisotopic (exact) mass is 432 g/mol. The molecule has 0 atom stereocenters. The first-order chi connectivity index (χ1) is 14.7. The van der Waals surface area contributed by atoms with E-state index in [1.54, 1.807) is 38.1 Å². The molecule has 1 aliphatic rings. The van der Waals surface area contributed by atoms with Crippen LogP contribution in [0.3, 0.4) is 0 Å². The molecule has 1 aliphatic carbocycles. The summed E-state index contributed by atoms with van der Waals surface area (Å²) in [6, 6.07) is 7.89. The van der Waals surface area contributed by atoms with E-state index in [0.29, 0.717) is 33.6 Å². The number of nitrogens with zero attached hydrogens (tertiary/aromatic N) is 2. The van der Waals surface area contributed by atoms with E-state index in [1.807, 2.05) is 0 Å². The van der Waals surface area contributed by atoms with Crippen LogP contribution in [0, 0.1) is 13.8 Å². The Bertz CT molecular complexity index is 1080. The highest BCUT2D eigenvalue weighted by Gasteiger charge is 2.34. The normalized spacial score (nSPS) is 19.4. The van der Waals surface area contributed by atoms with Gasteiger partial charge in [-0.2, -0.15) is 13.2 Å². The van der Waals surface area contributed by atoms with Gasteiger partial charge in [-0.3, -0.25) is 4.79 Å². The van der Waals surface area contributed by atoms with Crippen molar-refractivity contribution in [2.75, 3.05) is 5.32 Å². The van der Waals surface area contributed by atoms with E-state index in [-0.39, 0.29) is 18.0 Å². The number of anilines is 1. The number of hydrogen-bond donors (Lipinski definition) is 2. The summed E-state index contributed by atoms with van der Waals surface area (Å²) in [6.45, 7) is 3.42. The lowest BCUT2D eigenvalue weighted by Crippen LogP contribution is -2.40. The second kappa shape index (κ2) is 8.20. The van der Waals surface area contributed by atoms with Crippen molar-refractivity contribution in [3.63, 3.8) is 0 Å². The number of aryl methyl sites for hydroxylation is 2. The third-order valence-corrected chi connectivity index (χ3v) is 5.69. The predicted molar refractivity (Wildman–Crippen MR) is 110 cm³/mol. The van der Waals surface area contributed by atoms with Gasteiger partial charge in [-0.25, -0.2) is 4.98 Å². The van der Waals surface area contributed by atoms with E-state index < -0.39 is 11.9 Å². The number of hydrogen-bond acceptors (Lipinski definition) is 5. The molecule has 1 aromatic carbocycles. The molecule has 3 aromatic rings. The lowest BCUT2D eigenvalue weighted by Gasteiger charge is -2.30. The fraction of sp³-hybridized carbons (Fsp3) is 0.409. The number of halogens is 3. The molecule has 1 saturated carbocycles. The van der Waals surface area contributed by atoms with Crippen LogP contribution in [0.1, 0.15) is 53.2 Å².